The minimum atomic E-state index is -0.549. The number of nitrogens with one attached hydrogen (secondary N) is 1. The zero-order chi connectivity index (χ0) is 22.1. The van der Waals surface area contributed by atoms with Crippen molar-refractivity contribution in [3.63, 3.8) is 0 Å². The average molecular weight is 418 g/mol. The Bertz CT molecular complexity index is 1350. The molecular weight excluding hydrogens is 403 g/mol. The van der Waals surface area contributed by atoms with Gasteiger partial charge in [0.1, 0.15) is 11.5 Å². The Morgan fingerprint density at radius 2 is 1.81 bits per heavy atom. The summed E-state index contributed by atoms with van der Waals surface area (Å²) in [7, 11) is 0. The largest absolute Gasteiger partial charge is 0.322 e. The predicted molar refractivity (Wildman–Crippen MR) is 112 cm³/mol. The maximum absolute atomic E-state index is 13.3. The number of benzene rings is 3. The van der Waals surface area contributed by atoms with Gasteiger partial charge in [0, 0.05) is 41.3 Å². The third-order valence-electron chi connectivity index (χ3n) is 4.67. The number of non-ortho nitro benzene ring substituents is 1. The van der Waals surface area contributed by atoms with Crippen LogP contribution in [0.25, 0.3) is 22.2 Å². The van der Waals surface area contributed by atoms with Gasteiger partial charge in [-0.3, -0.25) is 19.7 Å². The number of fused-ring (bicyclic) bond motifs is 1. The second-order valence-electron chi connectivity index (χ2n) is 6.78. The van der Waals surface area contributed by atoms with E-state index in [0.29, 0.717) is 22.2 Å². The normalized spacial score (nSPS) is 10.8. The molecule has 0 unspecified atom stereocenters. The van der Waals surface area contributed by atoms with E-state index >= 15 is 0 Å². The molecule has 0 fully saturated rings. The molecule has 1 N–H and O–H groups in total. The van der Waals surface area contributed by atoms with Gasteiger partial charge in [-0.2, -0.15) is 9.78 Å². The fraction of sp³-hybridized carbons (Fsp3) is 0.0455. The van der Waals surface area contributed by atoms with E-state index < -0.39 is 16.6 Å². The summed E-state index contributed by atoms with van der Waals surface area (Å²) in [6, 6.07) is 16.0. The van der Waals surface area contributed by atoms with E-state index in [1.165, 1.54) is 60.1 Å². The van der Waals surface area contributed by atoms with Crippen LogP contribution < -0.4 is 5.32 Å². The van der Waals surface area contributed by atoms with Crippen LogP contribution in [0.15, 0.2) is 66.7 Å². The lowest BCUT2D eigenvalue weighted by Crippen LogP contribution is -2.12. The van der Waals surface area contributed by atoms with Crippen LogP contribution in [0.2, 0.25) is 0 Å². The average Bonchev–Trinajstić information content (AvgIpc) is 3.13. The molecule has 0 saturated heterocycles. The molecule has 0 aliphatic rings. The second-order valence-corrected chi connectivity index (χ2v) is 6.78. The summed E-state index contributed by atoms with van der Waals surface area (Å²) in [6.45, 7) is 1.36. The van der Waals surface area contributed by atoms with Crippen LogP contribution in [0.1, 0.15) is 22.1 Å². The number of anilines is 1. The maximum Gasteiger partial charge on any atom is 0.271 e. The van der Waals surface area contributed by atoms with Gasteiger partial charge in [0.25, 0.3) is 11.6 Å². The Morgan fingerprint density at radius 3 is 2.48 bits per heavy atom. The minimum Gasteiger partial charge on any atom is -0.322 e. The highest BCUT2D eigenvalue weighted by Gasteiger charge is 2.18. The molecule has 0 bridgehead atoms. The van der Waals surface area contributed by atoms with Gasteiger partial charge < -0.3 is 5.32 Å². The lowest BCUT2D eigenvalue weighted by atomic mass is 10.0. The van der Waals surface area contributed by atoms with Crippen LogP contribution >= 0.6 is 0 Å². The minimum absolute atomic E-state index is 0.144. The first-order valence-corrected chi connectivity index (χ1v) is 9.19. The van der Waals surface area contributed by atoms with Crippen molar-refractivity contribution >= 4 is 34.1 Å². The smallest absolute Gasteiger partial charge is 0.271 e. The van der Waals surface area contributed by atoms with Crippen LogP contribution in [0.3, 0.4) is 0 Å². The van der Waals surface area contributed by atoms with Crippen molar-refractivity contribution in [2.24, 2.45) is 0 Å². The summed E-state index contributed by atoms with van der Waals surface area (Å²) < 4.78 is 14.5. The molecule has 4 rings (SSSR count). The lowest BCUT2D eigenvalue weighted by molar-refractivity contribution is -0.384. The number of carbonyl (C=O) groups excluding carboxylic acids is 2. The van der Waals surface area contributed by atoms with Crippen LogP contribution in [0.5, 0.6) is 0 Å². The zero-order valence-electron chi connectivity index (χ0n) is 16.2. The van der Waals surface area contributed by atoms with Gasteiger partial charge in [-0.1, -0.05) is 6.07 Å². The van der Waals surface area contributed by atoms with E-state index in [-0.39, 0.29) is 22.8 Å². The molecule has 31 heavy (non-hydrogen) atoms. The molecule has 0 saturated carbocycles. The molecule has 9 heteroatoms. The van der Waals surface area contributed by atoms with Crippen molar-refractivity contribution in [3.8, 4) is 11.3 Å². The van der Waals surface area contributed by atoms with E-state index in [1.54, 1.807) is 18.2 Å². The van der Waals surface area contributed by atoms with Crippen LogP contribution in [0, 0.1) is 15.9 Å². The van der Waals surface area contributed by atoms with E-state index in [4.69, 9.17) is 0 Å². The topological polar surface area (TPSA) is 107 Å². The number of hydrogen-bond acceptors (Lipinski definition) is 5. The van der Waals surface area contributed by atoms with Crippen LogP contribution in [0.4, 0.5) is 15.8 Å². The van der Waals surface area contributed by atoms with Crippen LogP contribution in [-0.2, 0) is 0 Å². The Balaban J connectivity index is 1.76. The first-order valence-electron chi connectivity index (χ1n) is 9.19. The van der Waals surface area contributed by atoms with Gasteiger partial charge in [0.05, 0.1) is 10.4 Å². The van der Waals surface area contributed by atoms with E-state index in [9.17, 15) is 24.1 Å². The Morgan fingerprint density at radius 1 is 1.06 bits per heavy atom. The first kappa shape index (κ1) is 19.9. The van der Waals surface area contributed by atoms with Crippen molar-refractivity contribution in [2.45, 2.75) is 6.92 Å². The molecular formula is C22H15FN4O4. The maximum atomic E-state index is 13.3. The number of nitrogens with zero attached hydrogens (tertiary/aromatic N) is 3. The highest BCUT2D eigenvalue weighted by atomic mass is 19.1. The number of rotatable bonds is 4. The van der Waals surface area contributed by atoms with E-state index in [2.05, 4.69) is 10.4 Å². The molecule has 0 spiro atoms. The monoisotopic (exact) mass is 418 g/mol. The molecule has 4 aromatic rings. The van der Waals surface area contributed by atoms with E-state index in [0.717, 1.165) is 0 Å². The summed E-state index contributed by atoms with van der Waals surface area (Å²) in [6.07, 6.45) is 0. The van der Waals surface area contributed by atoms with Gasteiger partial charge >= 0.3 is 0 Å². The van der Waals surface area contributed by atoms with Gasteiger partial charge in [-0.15, -0.1) is 0 Å². The summed E-state index contributed by atoms with van der Waals surface area (Å²) in [5.74, 6) is -1.20. The third kappa shape index (κ3) is 3.88. The molecule has 154 valence electrons. The zero-order valence-corrected chi connectivity index (χ0v) is 16.2. The first-order chi connectivity index (χ1) is 14.8. The Hall–Kier alpha value is -4.40. The van der Waals surface area contributed by atoms with Gasteiger partial charge in [-0.05, 0) is 48.5 Å². The fourth-order valence-corrected chi connectivity index (χ4v) is 3.22. The van der Waals surface area contributed by atoms with Crippen molar-refractivity contribution in [2.75, 3.05) is 5.32 Å². The molecule has 1 amide bonds. The number of nitro benzene ring substituents is 1. The van der Waals surface area contributed by atoms with Crippen LogP contribution in [-0.4, -0.2) is 26.5 Å². The predicted octanol–water partition coefficient (Wildman–Crippen LogP) is 4.66. The Kier molecular flexibility index (Phi) is 5.00. The standard InChI is InChI=1S/C22H15FN4O4/c1-13(28)26-20-10-7-15(22(29)24-17-3-2-4-18(12-17)27(30)31)11-19(20)21(25-26)14-5-8-16(23)9-6-14/h2-12H,1H3,(H,24,29). The number of halogens is 1. The quantitative estimate of drug-likeness (QED) is 0.383. The summed E-state index contributed by atoms with van der Waals surface area (Å²) >= 11 is 0. The molecule has 0 aliphatic carbocycles. The molecule has 1 heterocycles. The molecule has 0 aliphatic heterocycles. The van der Waals surface area contributed by atoms with Gasteiger partial charge in [0.15, 0.2) is 0 Å². The van der Waals surface area contributed by atoms with Gasteiger partial charge in [0.2, 0.25) is 5.91 Å². The molecule has 1 aromatic heterocycles. The number of nitro groups is 1. The molecule has 0 radical (unpaired) electrons. The number of amides is 1. The summed E-state index contributed by atoms with van der Waals surface area (Å²) in [5, 5.41) is 18.4. The number of hydrogen-bond donors (Lipinski definition) is 1. The summed E-state index contributed by atoms with van der Waals surface area (Å²) in [5.41, 5.74) is 1.91. The van der Waals surface area contributed by atoms with Crippen molar-refractivity contribution < 1.29 is 18.9 Å². The van der Waals surface area contributed by atoms with Gasteiger partial charge in [-0.25, -0.2) is 4.39 Å². The molecule has 8 nitrogen and oxygen atoms in total. The SMILES string of the molecule is CC(=O)n1nc(-c2ccc(F)cc2)c2cc(C(=O)Nc3cccc([N+](=O)[O-])c3)ccc21. The van der Waals surface area contributed by atoms with Crippen molar-refractivity contribution in [1.29, 1.82) is 0 Å². The molecule has 3 aromatic carbocycles. The third-order valence-corrected chi connectivity index (χ3v) is 4.67. The van der Waals surface area contributed by atoms with Crippen molar-refractivity contribution in [1.82, 2.24) is 9.78 Å². The number of aromatic nitrogens is 2. The summed E-state index contributed by atoms with van der Waals surface area (Å²) in [4.78, 5) is 35.1. The lowest BCUT2D eigenvalue weighted by Gasteiger charge is -2.06. The second kappa shape index (κ2) is 7.79. The molecule has 0 atom stereocenters. The highest BCUT2D eigenvalue weighted by molar-refractivity contribution is 6.08. The van der Waals surface area contributed by atoms with Crippen molar-refractivity contribution in [3.05, 3.63) is 88.2 Å². The van der Waals surface area contributed by atoms with E-state index in [1.807, 2.05) is 0 Å². The fourth-order valence-electron chi connectivity index (χ4n) is 3.22. The number of carbonyl (C=O) groups is 2. The highest BCUT2D eigenvalue weighted by Crippen LogP contribution is 2.29. The Labute approximate surface area is 175 Å².